The molecule has 0 aliphatic carbocycles. The Kier molecular flexibility index (Phi) is 2.83. The summed E-state index contributed by atoms with van der Waals surface area (Å²) in [6.07, 6.45) is 1.73. The van der Waals surface area contributed by atoms with E-state index in [-0.39, 0.29) is 0 Å². The topological polar surface area (TPSA) is 61.0 Å². The lowest BCUT2D eigenvalue weighted by atomic mass is 10.2. The summed E-state index contributed by atoms with van der Waals surface area (Å²) < 4.78 is 6.91. The van der Waals surface area contributed by atoms with Crippen molar-refractivity contribution < 1.29 is 4.74 Å². The van der Waals surface area contributed by atoms with Crippen LogP contribution in [-0.4, -0.2) is 9.97 Å². The minimum Gasteiger partial charge on any atom is -0.453 e. The molecule has 2 N–H and O–H groups in total. The van der Waals surface area contributed by atoms with Gasteiger partial charge >= 0.3 is 0 Å². The van der Waals surface area contributed by atoms with E-state index in [2.05, 4.69) is 9.97 Å². The van der Waals surface area contributed by atoms with Gasteiger partial charge in [-0.25, -0.2) is 4.98 Å². The number of aromatic nitrogens is 2. The molecule has 5 heteroatoms. The van der Waals surface area contributed by atoms with Crippen LogP contribution in [-0.2, 0) is 0 Å². The number of ether oxygens (including phenoxy) is 1. The molecule has 0 aliphatic rings. The van der Waals surface area contributed by atoms with Crippen LogP contribution in [0.5, 0.6) is 11.5 Å². The Hall–Kier alpha value is -2.14. The Morgan fingerprint density at radius 3 is 2.84 bits per heavy atom. The number of nitrogens with two attached hydrogens (primary N) is 1. The SMILES string of the molecule is Cc1nc2cc(Oc3cccnc3C)c(N)cc2s1. The maximum absolute atomic E-state index is 6.03. The lowest BCUT2D eigenvalue weighted by molar-refractivity contribution is 0.478. The number of hydrogen-bond donors (Lipinski definition) is 1. The van der Waals surface area contributed by atoms with Gasteiger partial charge in [0.2, 0.25) is 0 Å². The fraction of sp³-hybridized carbons (Fsp3) is 0.143. The van der Waals surface area contributed by atoms with Crippen molar-refractivity contribution in [3.63, 3.8) is 0 Å². The van der Waals surface area contributed by atoms with Crippen LogP contribution < -0.4 is 10.5 Å². The van der Waals surface area contributed by atoms with Crippen molar-refractivity contribution in [2.24, 2.45) is 0 Å². The van der Waals surface area contributed by atoms with Crippen molar-refractivity contribution >= 4 is 27.2 Å². The van der Waals surface area contributed by atoms with Gasteiger partial charge in [0.15, 0.2) is 5.75 Å². The molecule has 3 rings (SSSR count). The molecule has 0 saturated carbocycles. The molecule has 3 aromatic rings. The highest BCUT2D eigenvalue weighted by molar-refractivity contribution is 7.18. The standard InChI is InChI=1S/C14H13N3OS/c1-8-12(4-3-5-16-8)18-13-7-11-14(6-10(13)15)19-9(2)17-11/h3-7H,15H2,1-2H3. The van der Waals surface area contributed by atoms with Crippen LogP contribution in [0, 0.1) is 13.8 Å². The highest BCUT2D eigenvalue weighted by Gasteiger charge is 2.09. The Bertz CT molecular complexity index is 752. The van der Waals surface area contributed by atoms with Crippen LogP contribution >= 0.6 is 11.3 Å². The normalized spacial score (nSPS) is 10.8. The number of thiazole rings is 1. The van der Waals surface area contributed by atoms with Crippen LogP contribution in [0.2, 0.25) is 0 Å². The van der Waals surface area contributed by atoms with Gasteiger partial charge in [-0.3, -0.25) is 4.98 Å². The van der Waals surface area contributed by atoms with Crippen LogP contribution in [0.4, 0.5) is 5.69 Å². The van der Waals surface area contributed by atoms with Gasteiger partial charge in [-0.1, -0.05) is 0 Å². The van der Waals surface area contributed by atoms with E-state index in [1.54, 1.807) is 17.5 Å². The molecular weight excluding hydrogens is 258 g/mol. The Balaban J connectivity index is 2.05. The average molecular weight is 271 g/mol. The zero-order valence-corrected chi connectivity index (χ0v) is 11.5. The van der Waals surface area contributed by atoms with Gasteiger partial charge in [0.05, 0.1) is 26.6 Å². The molecule has 0 bridgehead atoms. The number of hydrogen-bond acceptors (Lipinski definition) is 5. The number of anilines is 1. The molecule has 0 aliphatic heterocycles. The molecule has 0 amide bonds. The monoisotopic (exact) mass is 271 g/mol. The number of pyridine rings is 1. The molecule has 2 heterocycles. The first-order chi connectivity index (χ1) is 9.13. The highest BCUT2D eigenvalue weighted by atomic mass is 32.1. The van der Waals surface area contributed by atoms with Gasteiger partial charge in [0.25, 0.3) is 0 Å². The van der Waals surface area contributed by atoms with E-state index in [1.807, 2.05) is 38.1 Å². The maximum atomic E-state index is 6.03. The minimum atomic E-state index is 0.611. The molecular formula is C14H13N3OS. The lowest BCUT2D eigenvalue weighted by Gasteiger charge is -2.09. The third-order valence-corrected chi connectivity index (χ3v) is 3.74. The molecule has 0 atom stereocenters. The van der Waals surface area contributed by atoms with Gasteiger partial charge in [0.1, 0.15) is 5.75 Å². The van der Waals surface area contributed by atoms with E-state index in [1.165, 1.54) is 0 Å². The van der Waals surface area contributed by atoms with Crippen molar-refractivity contribution in [3.8, 4) is 11.5 Å². The molecule has 0 saturated heterocycles. The largest absolute Gasteiger partial charge is 0.453 e. The molecule has 2 aromatic heterocycles. The number of fused-ring (bicyclic) bond motifs is 1. The first-order valence-electron chi connectivity index (χ1n) is 5.89. The second kappa shape index (κ2) is 4.51. The fourth-order valence-corrected chi connectivity index (χ4v) is 2.73. The molecule has 0 spiro atoms. The summed E-state index contributed by atoms with van der Waals surface area (Å²) in [7, 11) is 0. The summed E-state index contributed by atoms with van der Waals surface area (Å²) in [4.78, 5) is 8.64. The van der Waals surface area contributed by atoms with Crippen LogP contribution in [0.1, 0.15) is 10.7 Å². The third kappa shape index (κ3) is 2.24. The number of rotatable bonds is 2. The Morgan fingerprint density at radius 2 is 2.05 bits per heavy atom. The molecule has 0 radical (unpaired) electrons. The smallest absolute Gasteiger partial charge is 0.152 e. The van der Waals surface area contributed by atoms with Crippen molar-refractivity contribution in [3.05, 3.63) is 41.2 Å². The molecule has 0 fully saturated rings. The first kappa shape index (κ1) is 11.9. The second-order valence-corrected chi connectivity index (χ2v) is 5.51. The Morgan fingerprint density at radius 1 is 1.21 bits per heavy atom. The van der Waals surface area contributed by atoms with E-state index in [4.69, 9.17) is 10.5 Å². The van der Waals surface area contributed by atoms with E-state index >= 15 is 0 Å². The molecule has 4 nitrogen and oxygen atoms in total. The van der Waals surface area contributed by atoms with Gasteiger partial charge in [-0.15, -0.1) is 11.3 Å². The van der Waals surface area contributed by atoms with Crippen LogP contribution in [0.15, 0.2) is 30.5 Å². The number of nitrogens with zero attached hydrogens (tertiary/aromatic N) is 2. The summed E-state index contributed by atoms with van der Waals surface area (Å²) >= 11 is 1.63. The lowest BCUT2D eigenvalue weighted by Crippen LogP contribution is -1.94. The Labute approximate surface area is 114 Å². The van der Waals surface area contributed by atoms with Crippen LogP contribution in [0.3, 0.4) is 0 Å². The zero-order chi connectivity index (χ0) is 13.4. The molecule has 0 unspecified atom stereocenters. The predicted octanol–water partition coefficient (Wildman–Crippen LogP) is 3.68. The fourth-order valence-electron chi connectivity index (χ4n) is 1.87. The highest BCUT2D eigenvalue weighted by Crippen LogP contribution is 2.34. The molecule has 19 heavy (non-hydrogen) atoms. The molecule has 1 aromatic carbocycles. The van der Waals surface area contributed by atoms with Crippen LogP contribution in [0.25, 0.3) is 10.2 Å². The second-order valence-electron chi connectivity index (χ2n) is 4.28. The average Bonchev–Trinajstić information content (AvgIpc) is 2.71. The number of nitrogen functional groups attached to an aromatic ring is 1. The number of benzene rings is 1. The first-order valence-corrected chi connectivity index (χ1v) is 6.71. The third-order valence-electron chi connectivity index (χ3n) is 2.81. The predicted molar refractivity (Wildman–Crippen MR) is 77.8 cm³/mol. The van der Waals surface area contributed by atoms with Crippen molar-refractivity contribution in [2.45, 2.75) is 13.8 Å². The quantitative estimate of drug-likeness (QED) is 0.722. The van der Waals surface area contributed by atoms with Gasteiger partial charge in [-0.2, -0.15) is 0 Å². The van der Waals surface area contributed by atoms with Gasteiger partial charge in [-0.05, 0) is 32.0 Å². The summed E-state index contributed by atoms with van der Waals surface area (Å²) in [5.74, 6) is 1.33. The summed E-state index contributed by atoms with van der Waals surface area (Å²) in [5, 5.41) is 1.02. The van der Waals surface area contributed by atoms with Crippen molar-refractivity contribution in [1.82, 2.24) is 9.97 Å². The van der Waals surface area contributed by atoms with Gasteiger partial charge < -0.3 is 10.5 Å². The summed E-state index contributed by atoms with van der Waals surface area (Å²) in [6.45, 7) is 3.88. The summed E-state index contributed by atoms with van der Waals surface area (Å²) in [5.41, 5.74) is 8.38. The number of aryl methyl sites for hydroxylation is 2. The van der Waals surface area contributed by atoms with Gasteiger partial charge in [0, 0.05) is 12.3 Å². The van der Waals surface area contributed by atoms with Crippen molar-refractivity contribution in [2.75, 3.05) is 5.73 Å². The minimum absolute atomic E-state index is 0.611. The zero-order valence-electron chi connectivity index (χ0n) is 10.7. The maximum Gasteiger partial charge on any atom is 0.152 e. The molecule has 96 valence electrons. The van der Waals surface area contributed by atoms with E-state index in [9.17, 15) is 0 Å². The van der Waals surface area contributed by atoms with E-state index in [0.717, 1.165) is 20.9 Å². The summed E-state index contributed by atoms with van der Waals surface area (Å²) in [6, 6.07) is 7.49. The van der Waals surface area contributed by atoms with Crippen molar-refractivity contribution in [1.29, 1.82) is 0 Å². The van der Waals surface area contributed by atoms with E-state index < -0.39 is 0 Å². The van der Waals surface area contributed by atoms with E-state index in [0.29, 0.717) is 17.2 Å².